The monoisotopic (exact) mass is 480 g/mol. The molecule has 1 atom stereocenters. The van der Waals surface area contributed by atoms with Crippen LogP contribution in [0, 0.1) is 10.8 Å². The van der Waals surface area contributed by atoms with Crippen molar-refractivity contribution >= 4 is 28.8 Å². The number of nitrogens with two attached hydrogens (primary N) is 1. The normalized spacial score (nSPS) is 11.9. The van der Waals surface area contributed by atoms with Crippen molar-refractivity contribution in [2.75, 3.05) is 18.9 Å². The maximum absolute atomic E-state index is 12.3. The second kappa shape index (κ2) is 11.7. The van der Waals surface area contributed by atoms with Crippen LogP contribution in [0.25, 0.3) is 11.3 Å². The van der Waals surface area contributed by atoms with Gasteiger partial charge in [-0.1, -0.05) is 12.1 Å². The van der Waals surface area contributed by atoms with Crippen LogP contribution in [0.1, 0.15) is 30.7 Å². The van der Waals surface area contributed by atoms with Crippen molar-refractivity contribution in [2.45, 2.75) is 30.5 Å². The van der Waals surface area contributed by atoms with E-state index in [9.17, 15) is 4.55 Å². The molecular weight excluding hydrogens is 452 g/mol. The number of rotatable bonds is 9. The number of ether oxygens (including phenoxy) is 1. The number of aromatic nitrogens is 2. The van der Waals surface area contributed by atoms with E-state index in [0.29, 0.717) is 24.3 Å². The Morgan fingerprint density at radius 3 is 2.41 bits per heavy atom. The Labute approximate surface area is 201 Å². The molecule has 0 aliphatic heterocycles. The summed E-state index contributed by atoms with van der Waals surface area (Å²) < 4.78 is 17.7. The summed E-state index contributed by atoms with van der Waals surface area (Å²) >= 11 is -1.09. The van der Waals surface area contributed by atoms with Gasteiger partial charge in [0.2, 0.25) is 11.8 Å². The van der Waals surface area contributed by atoms with Crippen LogP contribution in [0.15, 0.2) is 59.6 Å². The van der Waals surface area contributed by atoms with E-state index in [1.807, 2.05) is 26.0 Å². The molecule has 1 aromatic heterocycles. The number of hydrogen-bond acceptors (Lipinski definition) is 9. The van der Waals surface area contributed by atoms with Crippen molar-refractivity contribution in [2.24, 2.45) is 0 Å². The van der Waals surface area contributed by atoms with Gasteiger partial charge >= 0.3 is 0 Å². The lowest BCUT2D eigenvalue weighted by Crippen LogP contribution is -2.18. The molecule has 0 bridgehead atoms. The van der Waals surface area contributed by atoms with Gasteiger partial charge < -0.3 is 25.4 Å². The first-order valence-electron chi connectivity index (χ1n) is 10.7. The van der Waals surface area contributed by atoms with Gasteiger partial charge in [-0.3, -0.25) is 10.8 Å². The van der Waals surface area contributed by atoms with Crippen LogP contribution >= 0.6 is 0 Å². The van der Waals surface area contributed by atoms with Crippen molar-refractivity contribution in [3.8, 4) is 11.3 Å². The minimum Gasteiger partial charge on any atom is -0.611 e. The summed E-state index contributed by atoms with van der Waals surface area (Å²) in [6.07, 6.45) is 1.50. The topological polar surface area (TPSA) is 164 Å². The highest BCUT2D eigenvalue weighted by Gasteiger charge is 2.18. The van der Waals surface area contributed by atoms with Crippen molar-refractivity contribution in [3.05, 3.63) is 71.5 Å². The van der Waals surface area contributed by atoms with E-state index in [-0.39, 0.29) is 35.2 Å². The number of anilines is 1. The Hall–Kier alpha value is -3.31. The molecule has 1 heterocycles. The summed E-state index contributed by atoms with van der Waals surface area (Å²) in [4.78, 5) is 9.27. The largest absolute Gasteiger partial charge is 0.611 e. The molecule has 3 rings (SSSR count). The number of benzene rings is 2. The van der Waals surface area contributed by atoms with E-state index in [2.05, 4.69) is 15.3 Å². The Morgan fingerprint density at radius 2 is 1.79 bits per heavy atom. The van der Waals surface area contributed by atoms with E-state index in [4.69, 9.17) is 26.4 Å². The zero-order valence-electron chi connectivity index (χ0n) is 19.0. The Kier molecular flexibility index (Phi) is 8.72. The highest BCUT2D eigenvalue weighted by atomic mass is 32.2. The number of aliphatic hydroxyl groups excluding tert-OH is 1. The molecule has 10 heteroatoms. The zero-order chi connectivity index (χ0) is 24.7. The number of nitrogen functional groups attached to an aromatic ring is 1. The summed E-state index contributed by atoms with van der Waals surface area (Å²) in [6, 6.07) is 14.3. The fourth-order valence-corrected chi connectivity index (χ4v) is 3.98. The minimum atomic E-state index is -1.09. The van der Waals surface area contributed by atoms with Crippen LogP contribution in [0.5, 0.6) is 0 Å². The fourth-order valence-electron chi connectivity index (χ4n) is 3.03. The number of hydrogen-bond donors (Lipinski definition) is 5. The van der Waals surface area contributed by atoms with Crippen molar-refractivity contribution in [3.63, 3.8) is 0 Å². The smallest absolute Gasteiger partial charge is 0.243 e. The molecule has 0 spiro atoms. The van der Waals surface area contributed by atoms with Gasteiger partial charge in [0.1, 0.15) is 5.25 Å². The molecule has 0 saturated carbocycles. The molecule has 0 radical (unpaired) electrons. The van der Waals surface area contributed by atoms with Crippen LogP contribution in [-0.4, -0.2) is 49.8 Å². The molecule has 0 aliphatic rings. The van der Waals surface area contributed by atoms with E-state index >= 15 is 0 Å². The van der Waals surface area contributed by atoms with Crippen LogP contribution < -0.4 is 11.1 Å². The fraction of sp³-hybridized carbons (Fsp3) is 0.250. The first-order valence-corrected chi connectivity index (χ1v) is 11.9. The van der Waals surface area contributed by atoms with Gasteiger partial charge in [0.15, 0.2) is 16.4 Å². The molecule has 1 unspecified atom stereocenters. The van der Waals surface area contributed by atoms with Gasteiger partial charge in [0, 0.05) is 24.2 Å². The maximum Gasteiger partial charge on any atom is 0.243 e. The predicted molar refractivity (Wildman–Crippen MR) is 133 cm³/mol. The average Bonchev–Trinajstić information content (AvgIpc) is 2.84. The molecule has 178 valence electrons. The lowest BCUT2D eigenvalue weighted by atomic mass is 10.1. The standard InChI is InChI=1S/C24H28N6O3S/c1-15(2)34(32)19-9-7-17(8-10-19)20-14-29-22(25)21(30-20)24(27)33-23(26)18-5-3-16(4-6-18)13-28-11-12-31/h3-10,14-15,26-28,31H,11-13H2,1-2H3,(H2,25,29). The minimum absolute atomic E-state index is 0.0147. The summed E-state index contributed by atoms with van der Waals surface area (Å²) in [5.41, 5.74) is 8.65. The number of nitrogens with zero attached hydrogens (tertiary/aromatic N) is 2. The SMILES string of the molecule is CC(C)[S+]([O-])c1ccc(-c2cnc(N)c(C(=N)OC(=N)c3ccc(CNCCO)cc3)n2)cc1. The van der Waals surface area contributed by atoms with Gasteiger partial charge in [0.05, 0.1) is 18.5 Å². The lowest BCUT2D eigenvalue weighted by molar-refractivity contribution is 0.292. The Morgan fingerprint density at radius 1 is 1.12 bits per heavy atom. The molecule has 9 nitrogen and oxygen atoms in total. The summed E-state index contributed by atoms with van der Waals surface area (Å²) in [5.74, 6) is -0.584. The number of aliphatic hydroxyl groups is 1. The maximum atomic E-state index is 12.3. The second-order valence-corrected chi connectivity index (χ2v) is 9.73. The quantitative estimate of drug-likeness (QED) is 0.136. The van der Waals surface area contributed by atoms with Crippen LogP contribution in [0.2, 0.25) is 0 Å². The third-order valence-electron chi connectivity index (χ3n) is 4.86. The third-order valence-corrected chi connectivity index (χ3v) is 6.46. The molecule has 0 aliphatic carbocycles. The van der Waals surface area contributed by atoms with Gasteiger partial charge in [-0.15, -0.1) is 0 Å². The predicted octanol–water partition coefficient (Wildman–Crippen LogP) is 2.69. The Balaban J connectivity index is 1.71. The molecule has 3 aromatic rings. The Bertz CT molecular complexity index is 1140. The van der Waals surface area contributed by atoms with Crippen LogP contribution in [-0.2, 0) is 22.5 Å². The highest BCUT2D eigenvalue weighted by Crippen LogP contribution is 2.23. The van der Waals surface area contributed by atoms with E-state index in [1.165, 1.54) is 6.20 Å². The molecule has 0 saturated heterocycles. The van der Waals surface area contributed by atoms with Gasteiger partial charge in [-0.2, -0.15) is 0 Å². The lowest BCUT2D eigenvalue weighted by Gasteiger charge is -2.14. The second-order valence-electron chi connectivity index (χ2n) is 7.72. The molecule has 34 heavy (non-hydrogen) atoms. The van der Waals surface area contributed by atoms with Crippen molar-refractivity contribution in [1.82, 2.24) is 15.3 Å². The first kappa shape index (κ1) is 25.3. The van der Waals surface area contributed by atoms with Gasteiger partial charge in [-0.05, 0) is 67.0 Å². The number of nitrogens with one attached hydrogen (secondary N) is 3. The first-order chi connectivity index (χ1) is 16.3. The van der Waals surface area contributed by atoms with E-state index in [0.717, 1.165) is 16.0 Å². The highest BCUT2D eigenvalue weighted by molar-refractivity contribution is 7.92. The summed E-state index contributed by atoms with van der Waals surface area (Å²) in [7, 11) is 0. The van der Waals surface area contributed by atoms with Crippen LogP contribution in [0.4, 0.5) is 5.82 Å². The molecule has 0 amide bonds. The van der Waals surface area contributed by atoms with E-state index < -0.39 is 11.2 Å². The van der Waals surface area contributed by atoms with Gasteiger partial charge in [-0.25, -0.2) is 9.97 Å². The molecule has 0 fully saturated rings. The molecular formula is C24H28N6O3S. The van der Waals surface area contributed by atoms with Gasteiger partial charge in [0.25, 0.3) is 0 Å². The zero-order valence-corrected chi connectivity index (χ0v) is 19.9. The third kappa shape index (κ3) is 6.39. The van der Waals surface area contributed by atoms with E-state index in [1.54, 1.807) is 36.4 Å². The average molecular weight is 481 g/mol. The van der Waals surface area contributed by atoms with Crippen molar-refractivity contribution < 1.29 is 14.4 Å². The summed E-state index contributed by atoms with van der Waals surface area (Å²) in [5, 5.41) is 28.4. The van der Waals surface area contributed by atoms with Crippen LogP contribution in [0.3, 0.4) is 0 Å². The summed E-state index contributed by atoms with van der Waals surface area (Å²) in [6.45, 7) is 4.96. The molecule has 2 aromatic carbocycles. The van der Waals surface area contributed by atoms with Crippen molar-refractivity contribution in [1.29, 1.82) is 10.8 Å². The molecule has 6 N–H and O–H groups in total.